The highest BCUT2D eigenvalue weighted by atomic mass is 16.6. The van der Waals surface area contributed by atoms with Crippen LogP contribution in [0.1, 0.15) is 11.3 Å². The lowest BCUT2D eigenvalue weighted by atomic mass is 10.1. The lowest BCUT2D eigenvalue weighted by molar-refractivity contribution is 0.0901. The molecular formula is C20H20N2O3. The Labute approximate surface area is 146 Å². The van der Waals surface area contributed by atoms with Gasteiger partial charge in [0.2, 0.25) is 5.89 Å². The predicted octanol–water partition coefficient (Wildman–Crippen LogP) is 3.58. The smallest absolute Gasteiger partial charge is 0.226 e. The van der Waals surface area contributed by atoms with Crippen LogP contribution in [0.4, 0.5) is 0 Å². The van der Waals surface area contributed by atoms with E-state index in [0.29, 0.717) is 25.6 Å². The minimum absolute atomic E-state index is 0.0154. The molecule has 0 fully saturated rings. The maximum Gasteiger partial charge on any atom is 0.226 e. The van der Waals surface area contributed by atoms with Gasteiger partial charge in [-0.25, -0.2) is 4.98 Å². The quantitative estimate of drug-likeness (QED) is 0.772. The first-order valence-electron chi connectivity index (χ1n) is 8.38. The van der Waals surface area contributed by atoms with E-state index in [1.807, 2.05) is 36.4 Å². The average Bonchev–Trinajstić information content (AvgIpc) is 3.11. The first-order valence-corrected chi connectivity index (χ1v) is 8.38. The number of nitrogens with zero attached hydrogens (tertiary/aromatic N) is 1. The Hall–Kier alpha value is -2.79. The van der Waals surface area contributed by atoms with E-state index in [-0.39, 0.29) is 6.10 Å². The summed E-state index contributed by atoms with van der Waals surface area (Å²) in [6, 6.07) is 15.9. The third-order valence-electron chi connectivity index (χ3n) is 4.10. The maximum atomic E-state index is 5.92. The van der Waals surface area contributed by atoms with E-state index in [0.717, 1.165) is 22.8 Å². The van der Waals surface area contributed by atoms with Crippen molar-refractivity contribution in [1.29, 1.82) is 0 Å². The van der Waals surface area contributed by atoms with Crippen molar-refractivity contribution in [2.24, 2.45) is 0 Å². The third-order valence-corrected chi connectivity index (χ3v) is 4.10. The van der Waals surface area contributed by atoms with E-state index in [1.165, 1.54) is 5.56 Å². The van der Waals surface area contributed by atoms with Gasteiger partial charge in [0.1, 0.15) is 19.0 Å². The van der Waals surface area contributed by atoms with E-state index in [1.54, 1.807) is 6.26 Å². The van der Waals surface area contributed by atoms with Crippen molar-refractivity contribution in [1.82, 2.24) is 10.3 Å². The molecule has 0 saturated heterocycles. The molecule has 2 aromatic carbocycles. The topological polar surface area (TPSA) is 56.5 Å². The summed E-state index contributed by atoms with van der Waals surface area (Å²) in [7, 11) is 0. The lowest BCUT2D eigenvalue weighted by Crippen LogP contribution is -2.38. The number of hydrogen-bond donors (Lipinski definition) is 1. The molecule has 0 spiro atoms. The number of aryl methyl sites for hydroxylation is 1. The highest BCUT2D eigenvalue weighted by molar-refractivity contribution is 5.53. The molecule has 0 bridgehead atoms. The molecule has 0 radical (unpaired) electrons. The average molecular weight is 336 g/mol. The van der Waals surface area contributed by atoms with Gasteiger partial charge in [-0.1, -0.05) is 29.8 Å². The molecule has 1 atom stereocenters. The highest BCUT2D eigenvalue weighted by Crippen LogP contribution is 2.30. The fourth-order valence-corrected chi connectivity index (χ4v) is 2.74. The first-order chi connectivity index (χ1) is 12.3. The van der Waals surface area contributed by atoms with Crippen LogP contribution < -0.4 is 14.8 Å². The SMILES string of the molecule is Cc1ccc(-c2nc(CNC[C@@H]3COc4ccccc4O3)co2)cc1. The van der Waals surface area contributed by atoms with Gasteiger partial charge >= 0.3 is 0 Å². The van der Waals surface area contributed by atoms with Crippen molar-refractivity contribution in [3.63, 3.8) is 0 Å². The van der Waals surface area contributed by atoms with Gasteiger partial charge in [-0.05, 0) is 31.2 Å². The van der Waals surface area contributed by atoms with Crippen LogP contribution in [0.2, 0.25) is 0 Å². The van der Waals surface area contributed by atoms with Crippen molar-refractivity contribution in [2.75, 3.05) is 13.2 Å². The van der Waals surface area contributed by atoms with Gasteiger partial charge in [0.25, 0.3) is 0 Å². The third kappa shape index (κ3) is 3.67. The van der Waals surface area contributed by atoms with Gasteiger partial charge in [0.15, 0.2) is 11.5 Å². The van der Waals surface area contributed by atoms with Crippen LogP contribution in [0.3, 0.4) is 0 Å². The fourth-order valence-electron chi connectivity index (χ4n) is 2.74. The Morgan fingerprint density at radius 1 is 1.08 bits per heavy atom. The van der Waals surface area contributed by atoms with Crippen LogP contribution in [0.15, 0.2) is 59.2 Å². The van der Waals surface area contributed by atoms with Gasteiger partial charge in [-0.15, -0.1) is 0 Å². The number of benzene rings is 2. The minimum Gasteiger partial charge on any atom is -0.486 e. The second-order valence-electron chi connectivity index (χ2n) is 6.14. The molecule has 1 aromatic heterocycles. The van der Waals surface area contributed by atoms with Crippen LogP contribution in [0.5, 0.6) is 11.5 Å². The van der Waals surface area contributed by atoms with Crippen molar-refractivity contribution in [3.8, 4) is 23.0 Å². The molecule has 0 unspecified atom stereocenters. The molecule has 5 heteroatoms. The Kier molecular flexibility index (Phi) is 4.39. The monoisotopic (exact) mass is 336 g/mol. The second kappa shape index (κ2) is 6.99. The van der Waals surface area contributed by atoms with Crippen molar-refractivity contribution < 1.29 is 13.9 Å². The van der Waals surface area contributed by atoms with E-state index >= 15 is 0 Å². The summed E-state index contributed by atoms with van der Waals surface area (Å²) in [4.78, 5) is 4.53. The molecule has 1 aliphatic heterocycles. The van der Waals surface area contributed by atoms with E-state index in [2.05, 4.69) is 29.4 Å². The maximum absolute atomic E-state index is 5.92. The fraction of sp³-hybridized carbons (Fsp3) is 0.250. The van der Waals surface area contributed by atoms with E-state index in [9.17, 15) is 0 Å². The Balaban J connectivity index is 1.30. The summed E-state index contributed by atoms with van der Waals surface area (Å²) in [6.45, 7) is 3.90. The Morgan fingerprint density at radius 3 is 2.72 bits per heavy atom. The molecule has 0 saturated carbocycles. The number of nitrogens with one attached hydrogen (secondary N) is 1. The van der Waals surface area contributed by atoms with Crippen LogP contribution in [-0.2, 0) is 6.54 Å². The van der Waals surface area contributed by atoms with Gasteiger partial charge in [-0.2, -0.15) is 0 Å². The summed E-state index contributed by atoms with van der Waals surface area (Å²) >= 11 is 0. The molecule has 1 aliphatic rings. The largest absolute Gasteiger partial charge is 0.486 e. The van der Waals surface area contributed by atoms with Crippen LogP contribution in [0.25, 0.3) is 11.5 Å². The number of hydrogen-bond acceptors (Lipinski definition) is 5. The number of ether oxygens (including phenoxy) is 2. The number of rotatable bonds is 5. The molecule has 1 N–H and O–H groups in total. The van der Waals surface area contributed by atoms with Crippen molar-refractivity contribution in [2.45, 2.75) is 19.6 Å². The van der Waals surface area contributed by atoms with Gasteiger partial charge in [0, 0.05) is 18.7 Å². The molecule has 25 heavy (non-hydrogen) atoms. The molecule has 3 aromatic rings. The molecule has 2 heterocycles. The Morgan fingerprint density at radius 2 is 1.88 bits per heavy atom. The number of fused-ring (bicyclic) bond motifs is 1. The molecular weight excluding hydrogens is 316 g/mol. The molecule has 128 valence electrons. The van der Waals surface area contributed by atoms with E-state index in [4.69, 9.17) is 13.9 Å². The Bertz CT molecular complexity index is 842. The number of para-hydroxylation sites is 2. The van der Waals surface area contributed by atoms with E-state index < -0.39 is 0 Å². The highest BCUT2D eigenvalue weighted by Gasteiger charge is 2.20. The molecule has 5 nitrogen and oxygen atoms in total. The normalized spacial score (nSPS) is 16.0. The summed E-state index contributed by atoms with van der Waals surface area (Å²) in [6.07, 6.45) is 1.67. The zero-order valence-corrected chi connectivity index (χ0v) is 14.1. The first kappa shape index (κ1) is 15.7. The molecule has 0 amide bonds. The van der Waals surface area contributed by atoms with Gasteiger partial charge < -0.3 is 19.2 Å². The summed E-state index contributed by atoms with van der Waals surface area (Å²) in [5.74, 6) is 2.24. The predicted molar refractivity (Wildman–Crippen MR) is 94.7 cm³/mol. The van der Waals surface area contributed by atoms with Crippen LogP contribution in [0, 0.1) is 6.92 Å². The zero-order valence-electron chi connectivity index (χ0n) is 14.1. The summed E-state index contributed by atoms with van der Waals surface area (Å²) in [5.41, 5.74) is 3.07. The number of aromatic nitrogens is 1. The summed E-state index contributed by atoms with van der Waals surface area (Å²) < 4.78 is 17.2. The zero-order chi connectivity index (χ0) is 17.1. The van der Waals surface area contributed by atoms with Crippen molar-refractivity contribution in [3.05, 3.63) is 66.1 Å². The minimum atomic E-state index is -0.0154. The molecule has 4 rings (SSSR count). The number of oxazole rings is 1. The molecule has 0 aliphatic carbocycles. The van der Waals surface area contributed by atoms with Crippen LogP contribution >= 0.6 is 0 Å². The standard InChI is InChI=1S/C20H20N2O3/c1-14-6-8-15(9-7-14)20-22-16(12-24-20)10-21-11-17-13-23-18-4-2-3-5-19(18)25-17/h2-9,12,17,21H,10-11,13H2,1H3/t17-/m1/s1. The lowest BCUT2D eigenvalue weighted by Gasteiger charge is -2.26. The van der Waals surface area contributed by atoms with Crippen molar-refractivity contribution >= 4 is 0 Å². The summed E-state index contributed by atoms with van der Waals surface area (Å²) in [5, 5.41) is 3.35. The van der Waals surface area contributed by atoms with Crippen LogP contribution in [-0.4, -0.2) is 24.2 Å². The second-order valence-corrected chi connectivity index (χ2v) is 6.14. The van der Waals surface area contributed by atoms with Gasteiger partial charge in [-0.3, -0.25) is 0 Å². The van der Waals surface area contributed by atoms with Gasteiger partial charge in [0.05, 0.1) is 5.69 Å².